The maximum Gasteiger partial charge on any atom is 0.175 e. The first-order valence-corrected chi connectivity index (χ1v) is 7.20. The van der Waals surface area contributed by atoms with Gasteiger partial charge in [-0.2, -0.15) is 0 Å². The lowest BCUT2D eigenvalue weighted by Crippen LogP contribution is -1.97. The smallest absolute Gasteiger partial charge is 0.175 e. The van der Waals surface area contributed by atoms with E-state index in [0.717, 1.165) is 14.5 Å². The fourth-order valence-electron chi connectivity index (χ4n) is 1.32. The first-order chi connectivity index (χ1) is 6.98. The van der Waals surface area contributed by atoms with Crippen LogP contribution in [0.4, 0.5) is 0 Å². The molecule has 0 unspecified atom stereocenters. The number of nitrogens with zero attached hydrogens (tertiary/aromatic N) is 1. The average Bonchev–Trinajstić information content (AvgIpc) is 2.16. The molecule has 0 spiro atoms. The first kappa shape index (κ1) is 10.8. The van der Waals surface area contributed by atoms with Gasteiger partial charge in [0.25, 0.3) is 0 Å². The summed E-state index contributed by atoms with van der Waals surface area (Å²) in [7, 11) is -3.14. The van der Waals surface area contributed by atoms with Crippen LogP contribution in [0.3, 0.4) is 0 Å². The number of pyridine rings is 1. The molecule has 1 heterocycles. The Kier molecular flexibility index (Phi) is 2.68. The van der Waals surface area contributed by atoms with Crippen LogP contribution in [-0.4, -0.2) is 19.7 Å². The number of sulfone groups is 1. The van der Waals surface area contributed by atoms with Gasteiger partial charge in [-0.15, -0.1) is 0 Å². The number of hydrogen-bond donors (Lipinski definition) is 0. The van der Waals surface area contributed by atoms with E-state index in [4.69, 9.17) is 0 Å². The zero-order valence-corrected chi connectivity index (χ0v) is 10.9. The highest BCUT2D eigenvalue weighted by Gasteiger charge is 2.08. The summed E-state index contributed by atoms with van der Waals surface area (Å²) in [6.45, 7) is 0. The van der Waals surface area contributed by atoms with Gasteiger partial charge in [0.2, 0.25) is 0 Å². The van der Waals surface area contributed by atoms with E-state index >= 15 is 0 Å². The standard InChI is InChI=1S/C10H8INO2S/c1-15(13,14)7-2-3-10-8(6-7)9(11)4-5-12-10/h2-6H,1H3. The predicted octanol–water partition coefficient (Wildman–Crippen LogP) is 2.24. The molecule has 0 aliphatic heterocycles. The van der Waals surface area contributed by atoms with Crippen molar-refractivity contribution in [2.24, 2.45) is 0 Å². The van der Waals surface area contributed by atoms with E-state index in [1.54, 1.807) is 24.4 Å². The highest BCUT2D eigenvalue weighted by Crippen LogP contribution is 2.21. The molecule has 0 bridgehead atoms. The first-order valence-electron chi connectivity index (χ1n) is 4.23. The van der Waals surface area contributed by atoms with Gasteiger partial charge in [-0.05, 0) is 46.9 Å². The van der Waals surface area contributed by atoms with Crippen LogP contribution in [0.5, 0.6) is 0 Å². The van der Waals surface area contributed by atoms with Crippen LogP contribution in [0.1, 0.15) is 0 Å². The molecule has 0 fully saturated rings. The monoisotopic (exact) mass is 333 g/mol. The number of rotatable bonds is 1. The zero-order valence-electron chi connectivity index (χ0n) is 7.94. The second-order valence-corrected chi connectivity index (χ2v) is 6.42. The summed E-state index contributed by atoms with van der Waals surface area (Å²) in [5, 5.41) is 0.876. The maximum atomic E-state index is 11.4. The molecule has 0 amide bonds. The molecule has 2 rings (SSSR count). The highest BCUT2D eigenvalue weighted by atomic mass is 127. The Bertz CT molecular complexity index is 622. The SMILES string of the molecule is CS(=O)(=O)c1ccc2nccc(I)c2c1. The minimum atomic E-state index is -3.14. The molecule has 3 nitrogen and oxygen atoms in total. The quantitative estimate of drug-likeness (QED) is 0.752. The average molecular weight is 333 g/mol. The molecule has 0 saturated carbocycles. The Morgan fingerprint density at radius 2 is 2.00 bits per heavy atom. The van der Waals surface area contributed by atoms with E-state index in [9.17, 15) is 8.42 Å². The van der Waals surface area contributed by atoms with E-state index in [1.165, 1.54) is 6.26 Å². The van der Waals surface area contributed by atoms with Gasteiger partial charge in [-0.1, -0.05) is 0 Å². The number of halogens is 1. The molecule has 15 heavy (non-hydrogen) atoms. The molecule has 0 atom stereocenters. The highest BCUT2D eigenvalue weighted by molar-refractivity contribution is 14.1. The van der Waals surface area contributed by atoms with Crippen LogP contribution in [0.15, 0.2) is 35.4 Å². The van der Waals surface area contributed by atoms with Gasteiger partial charge in [0.1, 0.15) is 0 Å². The summed E-state index contributed by atoms with van der Waals surface area (Å²) in [5.74, 6) is 0. The number of fused-ring (bicyclic) bond motifs is 1. The van der Waals surface area contributed by atoms with Crippen molar-refractivity contribution < 1.29 is 8.42 Å². The summed E-state index contributed by atoms with van der Waals surface area (Å²) in [6.07, 6.45) is 2.92. The van der Waals surface area contributed by atoms with Crippen molar-refractivity contribution >= 4 is 43.3 Å². The van der Waals surface area contributed by atoms with Crippen LogP contribution in [0.2, 0.25) is 0 Å². The molecule has 1 aromatic carbocycles. The summed E-state index contributed by atoms with van der Waals surface area (Å²) < 4.78 is 23.7. The molecule has 78 valence electrons. The van der Waals surface area contributed by atoms with Crippen molar-refractivity contribution in [3.63, 3.8) is 0 Å². The Morgan fingerprint density at radius 1 is 1.27 bits per heavy atom. The van der Waals surface area contributed by atoms with Gasteiger partial charge in [0, 0.05) is 21.4 Å². The normalized spacial score (nSPS) is 11.9. The van der Waals surface area contributed by atoms with Gasteiger partial charge in [0.05, 0.1) is 10.4 Å². The van der Waals surface area contributed by atoms with Gasteiger partial charge in [-0.25, -0.2) is 8.42 Å². The van der Waals surface area contributed by atoms with E-state index in [2.05, 4.69) is 27.6 Å². The number of hydrogen-bond acceptors (Lipinski definition) is 3. The van der Waals surface area contributed by atoms with Crippen molar-refractivity contribution in [2.75, 3.05) is 6.26 Å². The van der Waals surface area contributed by atoms with E-state index in [0.29, 0.717) is 4.90 Å². The van der Waals surface area contributed by atoms with E-state index in [1.807, 2.05) is 6.07 Å². The second-order valence-electron chi connectivity index (χ2n) is 3.24. The van der Waals surface area contributed by atoms with Crippen molar-refractivity contribution in [3.8, 4) is 0 Å². The van der Waals surface area contributed by atoms with Crippen LogP contribution in [0.25, 0.3) is 10.9 Å². The molecular formula is C10H8INO2S. The minimum Gasteiger partial charge on any atom is -0.256 e. The fourth-order valence-corrected chi connectivity index (χ4v) is 2.56. The topological polar surface area (TPSA) is 47.0 Å². The predicted molar refractivity (Wildman–Crippen MR) is 67.6 cm³/mol. The Labute approximate surface area is 102 Å². The molecule has 0 radical (unpaired) electrons. The Balaban J connectivity index is 2.81. The van der Waals surface area contributed by atoms with Crippen molar-refractivity contribution in [2.45, 2.75) is 4.90 Å². The summed E-state index contributed by atoms with van der Waals surface area (Å²) in [5.41, 5.74) is 0.814. The molecule has 0 aliphatic carbocycles. The van der Waals surface area contributed by atoms with Crippen LogP contribution in [-0.2, 0) is 9.84 Å². The maximum absolute atomic E-state index is 11.4. The van der Waals surface area contributed by atoms with Crippen molar-refractivity contribution in [1.82, 2.24) is 4.98 Å². The fraction of sp³-hybridized carbons (Fsp3) is 0.100. The third-order valence-corrected chi connectivity index (χ3v) is 4.14. The van der Waals surface area contributed by atoms with Crippen LogP contribution < -0.4 is 0 Å². The lowest BCUT2D eigenvalue weighted by atomic mass is 10.2. The second kappa shape index (κ2) is 3.71. The van der Waals surface area contributed by atoms with Crippen LogP contribution in [0, 0.1) is 3.57 Å². The third kappa shape index (κ3) is 2.12. The largest absolute Gasteiger partial charge is 0.256 e. The van der Waals surface area contributed by atoms with E-state index in [-0.39, 0.29) is 0 Å². The van der Waals surface area contributed by atoms with Gasteiger partial charge < -0.3 is 0 Å². The van der Waals surface area contributed by atoms with Crippen LogP contribution >= 0.6 is 22.6 Å². The number of benzene rings is 1. The molecule has 0 aliphatic rings. The molecular weight excluding hydrogens is 325 g/mol. The van der Waals surface area contributed by atoms with Gasteiger partial charge in [0.15, 0.2) is 9.84 Å². The Hall–Kier alpha value is -0.690. The van der Waals surface area contributed by atoms with E-state index < -0.39 is 9.84 Å². The molecule has 1 aromatic heterocycles. The molecule has 2 aromatic rings. The molecule has 0 saturated heterocycles. The Morgan fingerprint density at radius 3 is 2.67 bits per heavy atom. The summed E-state index contributed by atoms with van der Waals surface area (Å²) >= 11 is 2.17. The third-order valence-electron chi connectivity index (χ3n) is 2.09. The lowest BCUT2D eigenvalue weighted by Gasteiger charge is -2.02. The zero-order chi connectivity index (χ0) is 11.1. The van der Waals surface area contributed by atoms with Crippen molar-refractivity contribution in [3.05, 3.63) is 34.0 Å². The molecule has 0 N–H and O–H groups in total. The van der Waals surface area contributed by atoms with Gasteiger partial charge >= 0.3 is 0 Å². The van der Waals surface area contributed by atoms with Gasteiger partial charge in [-0.3, -0.25) is 4.98 Å². The summed E-state index contributed by atoms with van der Waals surface area (Å²) in [6, 6.07) is 6.84. The minimum absolute atomic E-state index is 0.334. The lowest BCUT2D eigenvalue weighted by molar-refractivity contribution is 0.602. The molecule has 5 heteroatoms. The summed E-state index contributed by atoms with van der Waals surface area (Å²) in [4.78, 5) is 4.50. The van der Waals surface area contributed by atoms with Crippen molar-refractivity contribution in [1.29, 1.82) is 0 Å². The number of aromatic nitrogens is 1.